The average molecular weight is 238 g/mol. The van der Waals surface area contributed by atoms with E-state index in [9.17, 15) is 0 Å². The molecular formula is C2H3OPt-. The van der Waals surface area contributed by atoms with Crippen molar-refractivity contribution in [3.63, 3.8) is 0 Å². The van der Waals surface area contributed by atoms with Crippen molar-refractivity contribution in [3.05, 3.63) is 0 Å². The predicted octanol–water partition coefficient (Wildman–Crippen LogP) is 0.113. The standard InChI is InChI=1S/C2H3O.Pt/c1-2-3;/h1H3;/q-1;. The molecule has 0 bridgehead atoms. The zero-order valence-electron chi connectivity index (χ0n) is 2.22. The van der Waals surface area contributed by atoms with Crippen LogP contribution >= 0.6 is 0 Å². The molecule has 2 heteroatoms. The van der Waals surface area contributed by atoms with E-state index in [1.165, 1.54) is 13.2 Å². The second-order valence-corrected chi connectivity index (χ2v) is 0.204. The summed E-state index contributed by atoms with van der Waals surface area (Å²) >= 11 is 0. The van der Waals surface area contributed by atoms with Gasteiger partial charge in [0, 0.05) is 21.1 Å². The average Bonchev–Trinajstić information content (AvgIpc) is 0.918. The van der Waals surface area contributed by atoms with E-state index in [1.54, 1.807) is 0 Å². The fourth-order valence-corrected chi connectivity index (χ4v) is 0. The molecule has 0 radical (unpaired) electrons. The van der Waals surface area contributed by atoms with E-state index in [0.29, 0.717) is 0 Å². The van der Waals surface area contributed by atoms with Gasteiger partial charge in [0.05, 0.1) is 0 Å². The molecule has 0 aromatic heterocycles. The van der Waals surface area contributed by atoms with Crippen LogP contribution < -0.4 is 0 Å². The van der Waals surface area contributed by atoms with Crippen molar-refractivity contribution in [2.75, 3.05) is 0 Å². The Balaban J connectivity index is 0. The molecule has 0 saturated carbocycles. The van der Waals surface area contributed by atoms with Gasteiger partial charge in [-0.2, -0.15) is 6.92 Å². The third-order valence-electron chi connectivity index (χ3n) is 0. The van der Waals surface area contributed by atoms with Crippen LogP contribution in [0.15, 0.2) is 0 Å². The Morgan fingerprint density at radius 3 is 1.75 bits per heavy atom. The zero-order valence-corrected chi connectivity index (χ0v) is 4.50. The summed E-state index contributed by atoms with van der Waals surface area (Å²) < 4.78 is 0. The molecule has 0 aliphatic rings. The first-order valence-electron chi connectivity index (χ1n) is 0.704. The van der Waals surface area contributed by atoms with Crippen molar-refractivity contribution in [2.45, 2.75) is 6.92 Å². The maximum atomic E-state index is 8.68. The number of carbonyl (C=O) groups excluding carboxylic acids is 1. The maximum Gasteiger partial charge on any atom is 0 e. The van der Waals surface area contributed by atoms with E-state index in [4.69, 9.17) is 4.79 Å². The van der Waals surface area contributed by atoms with Crippen molar-refractivity contribution in [2.24, 2.45) is 0 Å². The minimum Gasteiger partial charge on any atom is -0.542 e. The summed E-state index contributed by atoms with van der Waals surface area (Å²) in [6.07, 6.45) is 1.50. The SMILES string of the molecule is C[C-]=O.[Pt]. The van der Waals surface area contributed by atoms with Crippen LogP contribution in [0.2, 0.25) is 0 Å². The Kier molecular flexibility index (Phi) is 22.4. The van der Waals surface area contributed by atoms with E-state index in [0.717, 1.165) is 0 Å². The van der Waals surface area contributed by atoms with Crippen LogP contribution in [0.5, 0.6) is 0 Å². The van der Waals surface area contributed by atoms with Gasteiger partial charge in [-0.3, -0.25) is 6.29 Å². The van der Waals surface area contributed by atoms with E-state index in [-0.39, 0.29) is 21.1 Å². The van der Waals surface area contributed by atoms with Crippen LogP contribution in [0.3, 0.4) is 0 Å². The third-order valence-corrected chi connectivity index (χ3v) is 0. The molecule has 0 aliphatic heterocycles. The van der Waals surface area contributed by atoms with E-state index in [2.05, 4.69) is 0 Å². The number of rotatable bonds is 0. The van der Waals surface area contributed by atoms with Gasteiger partial charge in [-0.25, -0.2) is 0 Å². The molecule has 0 aliphatic carbocycles. The van der Waals surface area contributed by atoms with Gasteiger partial charge in [0.1, 0.15) is 0 Å². The third kappa shape index (κ3) is 33.9. The van der Waals surface area contributed by atoms with Gasteiger partial charge in [-0.1, -0.05) is 0 Å². The van der Waals surface area contributed by atoms with Gasteiger partial charge in [-0.15, -0.1) is 0 Å². The Labute approximate surface area is 39.7 Å². The topological polar surface area (TPSA) is 17.1 Å². The quantitative estimate of drug-likeness (QED) is 0.547. The molecule has 0 amide bonds. The molecule has 0 saturated heterocycles. The van der Waals surface area contributed by atoms with Gasteiger partial charge in [0.15, 0.2) is 0 Å². The van der Waals surface area contributed by atoms with Crippen molar-refractivity contribution < 1.29 is 25.9 Å². The summed E-state index contributed by atoms with van der Waals surface area (Å²) in [5.74, 6) is 0. The monoisotopic (exact) mass is 238 g/mol. The molecule has 0 N–H and O–H groups in total. The number of hydrogen-bond acceptors (Lipinski definition) is 1. The minimum atomic E-state index is 0. The first kappa shape index (κ1) is 8.84. The summed E-state index contributed by atoms with van der Waals surface area (Å²) in [6.45, 7) is 1.32. The zero-order chi connectivity index (χ0) is 2.71. The van der Waals surface area contributed by atoms with Crippen LogP contribution in [0, 0.1) is 0 Å². The van der Waals surface area contributed by atoms with Crippen LogP contribution in [0.25, 0.3) is 0 Å². The fourth-order valence-electron chi connectivity index (χ4n) is 0. The maximum absolute atomic E-state index is 8.68. The first-order chi connectivity index (χ1) is 1.41. The van der Waals surface area contributed by atoms with E-state index in [1.807, 2.05) is 0 Å². The van der Waals surface area contributed by atoms with Gasteiger partial charge in [0.2, 0.25) is 0 Å². The molecule has 1 nitrogen and oxygen atoms in total. The van der Waals surface area contributed by atoms with Crippen LogP contribution in [-0.4, -0.2) is 6.29 Å². The summed E-state index contributed by atoms with van der Waals surface area (Å²) in [7, 11) is 0. The molecule has 0 unspecified atom stereocenters. The predicted molar refractivity (Wildman–Crippen MR) is 11.4 cm³/mol. The second kappa shape index (κ2) is 10.1. The summed E-state index contributed by atoms with van der Waals surface area (Å²) in [6, 6.07) is 0. The molecule has 28 valence electrons. The Morgan fingerprint density at radius 1 is 1.75 bits per heavy atom. The van der Waals surface area contributed by atoms with Crippen LogP contribution in [0.4, 0.5) is 0 Å². The van der Waals surface area contributed by atoms with Crippen molar-refractivity contribution in [1.82, 2.24) is 0 Å². The van der Waals surface area contributed by atoms with Gasteiger partial charge in [0.25, 0.3) is 0 Å². The molecule has 0 atom stereocenters. The summed E-state index contributed by atoms with van der Waals surface area (Å²) in [4.78, 5) is 8.68. The first-order valence-corrected chi connectivity index (χ1v) is 0.704. The Morgan fingerprint density at radius 2 is 1.75 bits per heavy atom. The second-order valence-electron chi connectivity index (χ2n) is 0.204. The molecule has 0 aromatic carbocycles. The Hall–Kier alpha value is 0.358. The largest absolute Gasteiger partial charge is 0.542 e. The van der Waals surface area contributed by atoms with Crippen molar-refractivity contribution in [3.8, 4) is 0 Å². The van der Waals surface area contributed by atoms with Gasteiger partial charge in [-0.05, 0) is 0 Å². The fraction of sp³-hybridized carbons (Fsp3) is 0.500. The summed E-state index contributed by atoms with van der Waals surface area (Å²) in [5, 5.41) is 0. The smallest absolute Gasteiger partial charge is 0 e. The molecule has 0 aromatic rings. The normalized spacial score (nSPS) is 3.25. The van der Waals surface area contributed by atoms with Gasteiger partial charge >= 0.3 is 0 Å². The van der Waals surface area contributed by atoms with Crippen LogP contribution in [0.1, 0.15) is 6.92 Å². The molecule has 0 rings (SSSR count). The Bertz CT molecular complexity index is 13.5. The van der Waals surface area contributed by atoms with Crippen LogP contribution in [-0.2, 0) is 25.9 Å². The minimum absolute atomic E-state index is 0. The van der Waals surface area contributed by atoms with Crippen molar-refractivity contribution in [1.29, 1.82) is 0 Å². The molecule has 4 heavy (non-hydrogen) atoms. The number of hydrogen-bond donors (Lipinski definition) is 0. The summed E-state index contributed by atoms with van der Waals surface area (Å²) in [5.41, 5.74) is 0. The molecule has 0 fully saturated rings. The van der Waals surface area contributed by atoms with Gasteiger partial charge < -0.3 is 4.79 Å². The van der Waals surface area contributed by atoms with E-state index >= 15 is 0 Å². The molecule has 0 spiro atoms. The van der Waals surface area contributed by atoms with Crippen molar-refractivity contribution >= 4 is 6.29 Å². The molecule has 0 heterocycles. The molecular weight excluding hydrogens is 235 g/mol. The van der Waals surface area contributed by atoms with E-state index < -0.39 is 0 Å².